The molecule has 0 saturated carbocycles. The normalized spacial score (nSPS) is 17.0. The molecule has 0 radical (unpaired) electrons. The van der Waals surface area contributed by atoms with Crippen LogP contribution in [0.15, 0.2) is 41.9 Å². The summed E-state index contributed by atoms with van der Waals surface area (Å²) in [6.45, 7) is 9.61. The van der Waals surface area contributed by atoms with Gasteiger partial charge in [0.15, 0.2) is 5.96 Å². The van der Waals surface area contributed by atoms with Gasteiger partial charge in [-0.3, -0.25) is 4.99 Å². The van der Waals surface area contributed by atoms with Crippen molar-refractivity contribution in [1.29, 1.82) is 0 Å². The number of hydrogen-bond acceptors (Lipinski definition) is 2. The molecule has 1 fully saturated rings. The van der Waals surface area contributed by atoms with Gasteiger partial charge in [0.2, 0.25) is 0 Å². The lowest BCUT2D eigenvalue weighted by Crippen LogP contribution is -2.42. The summed E-state index contributed by atoms with van der Waals surface area (Å²) in [6, 6.07) is 6.96. The van der Waals surface area contributed by atoms with Crippen molar-refractivity contribution in [1.82, 2.24) is 10.2 Å². The summed E-state index contributed by atoms with van der Waals surface area (Å²) < 4.78 is 19.4. The van der Waals surface area contributed by atoms with Gasteiger partial charge < -0.3 is 15.0 Å². The molecule has 0 amide bonds. The first-order chi connectivity index (χ1) is 12.6. The molecule has 1 saturated heterocycles. The number of benzene rings is 1. The summed E-state index contributed by atoms with van der Waals surface area (Å²) in [5.74, 6) is 0.713. The van der Waals surface area contributed by atoms with Crippen LogP contribution in [0.3, 0.4) is 0 Å². The van der Waals surface area contributed by atoms with Gasteiger partial charge >= 0.3 is 0 Å². The van der Waals surface area contributed by atoms with Crippen LogP contribution in [0.4, 0.5) is 4.39 Å². The molecule has 4 nitrogen and oxygen atoms in total. The Morgan fingerprint density at radius 3 is 2.85 bits per heavy atom. The van der Waals surface area contributed by atoms with Gasteiger partial charge in [-0.25, -0.2) is 4.39 Å². The minimum atomic E-state index is -0.189. The van der Waals surface area contributed by atoms with Crippen molar-refractivity contribution >= 4 is 5.96 Å². The fourth-order valence-electron chi connectivity index (χ4n) is 3.39. The van der Waals surface area contributed by atoms with Crippen molar-refractivity contribution in [2.24, 2.45) is 4.99 Å². The third-order valence-electron chi connectivity index (χ3n) is 5.02. The molecule has 5 heteroatoms. The smallest absolute Gasteiger partial charge is 0.193 e. The van der Waals surface area contributed by atoms with Crippen molar-refractivity contribution in [3.8, 4) is 0 Å². The number of rotatable bonds is 8. The Labute approximate surface area is 157 Å². The van der Waals surface area contributed by atoms with Gasteiger partial charge in [-0.1, -0.05) is 18.2 Å². The van der Waals surface area contributed by atoms with Crippen molar-refractivity contribution in [2.75, 3.05) is 39.9 Å². The lowest BCUT2D eigenvalue weighted by Gasteiger charge is -2.37. The summed E-state index contributed by atoms with van der Waals surface area (Å²) >= 11 is 0. The minimum Gasteiger partial charge on any atom is -0.381 e. The number of hydrogen-bond donors (Lipinski definition) is 1. The molecule has 1 N–H and O–H groups in total. The molecule has 0 spiro atoms. The number of nitrogens with zero attached hydrogens (tertiary/aromatic N) is 2. The molecule has 1 aromatic rings. The minimum absolute atomic E-state index is 0.164. The van der Waals surface area contributed by atoms with E-state index in [9.17, 15) is 4.39 Å². The van der Waals surface area contributed by atoms with E-state index in [2.05, 4.69) is 30.8 Å². The van der Waals surface area contributed by atoms with E-state index in [-0.39, 0.29) is 11.2 Å². The van der Waals surface area contributed by atoms with Crippen LogP contribution in [-0.4, -0.2) is 50.8 Å². The highest BCUT2D eigenvalue weighted by atomic mass is 19.1. The van der Waals surface area contributed by atoms with Crippen LogP contribution in [0, 0.1) is 5.82 Å². The van der Waals surface area contributed by atoms with Crippen molar-refractivity contribution in [3.63, 3.8) is 0 Å². The Hall–Kier alpha value is -1.88. The second-order valence-corrected chi connectivity index (χ2v) is 6.93. The van der Waals surface area contributed by atoms with Gasteiger partial charge in [-0.2, -0.15) is 0 Å². The molecule has 1 aliphatic rings. The number of aliphatic imine (C=N–C) groups is 1. The maximum Gasteiger partial charge on any atom is 0.193 e. The van der Waals surface area contributed by atoms with Crippen LogP contribution in [-0.2, 0) is 10.2 Å². The Kier molecular flexibility index (Phi) is 8.10. The predicted molar refractivity (Wildman–Crippen MR) is 106 cm³/mol. The molecule has 144 valence electrons. The zero-order valence-corrected chi connectivity index (χ0v) is 16.1. The Morgan fingerprint density at radius 2 is 2.19 bits per heavy atom. The van der Waals surface area contributed by atoms with Crippen molar-refractivity contribution in [2.45, 2.75) is 38.0 Å². The second kappa shape index (κ2) is 10.3. The van der Waals surface area contributed by atoms with E-state index < -0.39 is 0 Å². The van der Waals surface area contributed by atoms with E-state index >= 15 is 0 Å². The zero-order chi connectivity index (χ0) is 18.8. The molecule has 1 aromatic carbocycles. The molecule has 0 aliphatic carbocycles. The molecule has 0 atom stereocenters. The summed E-state index contributed by atoms with van der Waals surface area (Å²) in [5, 5.41) is 3.37. The lowest BCUT2D eigenvalue weighted by atomic mass is 9.74. The monoisotopic (exact) mass is 361 g/mol. The van der Waals surface area contributed by atoms with Gasteiger partial charge in [0.25, 0.3) is 0 Å². The summed E-state index contributed by atoms with van der Waals surface area (Å²) in [6.07, 6.45) is 5.71. The van der Waals surface area contributed by atoms with Gasteiger partial charge in [0.1, 0.15) is 5.82 Å². The van der Waals surface area contributed by atoms with E-state index in [1.54, 1.807) is 12.1 Å². The van der Waals surface area contributed by atoms with E-state index in [0.29, 0.717) is 19.8 Å². The Balaban J connectivity index is 2.19. The van der Waals surface area contributed by atoms with E-state index in [1.165, 1.54) is 6.07 Å². The van der Waals surface area contributed by atoms with Gasteiger partial charge in [0.05, 0.1) is 6.54 Å². The fourth-order valence-corrected chi connectivity index (χ4v) is 3.39. The topological polar surface area (TPSA) is 36.9 Å². The molecule has 0 aromatic heterocycles. The quantitative estimate of drug-likeness (QED) is 0.332. The summed E-state index contributed by atoms with van der Waals surface area (Å²) in [7, 11) is 2.06. The van der Waals surface area contributed by atoms with Crippen LogP contribution in [0.25, 0.3) is 0 Å². The van der Waals surface area contributed by atoms with Crippen LogP contribution in [0.1, 0.15) is 38.2 Å². The third-order valence-corrected chi connectivity index (χ3v) is 5.02. The average molecular weight is 362 g/mol. The molecular weight excluding hydrogens is 329 g/mol. The lowest BCUT2D eigenvalue weighted by molar-refractivity contribution is 0.0529. The fraction of sp³-hybridized carbons (Fsp3) is 0.571. The zero-order valence-electron chi connectivity index (χ0n) is 16.1. The predicted octanol–water partition coefficient (Wildman–Crippen LogP) is 3.74. The maximum atomic E-state index is 13.8. The first-order valence-electron chi connectivity index (χ1n) is 9.55. The summed E-state index contributed by atoms with van der Waals surface area (Å²) in [5.41, 5.74) is 0.859. The van der Waals surface area contributed by atoms with Crippen LogP contribution < -0.4 is 5.32 Å². The molecule has 1 aliphatic heterocycles. The van der Waals surface area contributed by atoms with Crippen LogP contribution in [0.5, 0.6) is 0 Å². The van der Waals surface area contributed by atoms with Crippen LogP contribution >= 0.6 is 0 Å². The number of halogens is 1. The maximum absolute atomic E-state index is 13.8. The number of guanidine groups is 1. The van der Waals surface area contributed by atoms with Gasteiger partial charge in [-0.15, -0.1) is 6.58 Å². The molecule has 0 bridgehead atoms. The highest BCUT2D eigenvalue weighted by Gasteiger charge is 2.34. The van der Waals surface area contributed by atoms with Crippen LogP contribution in [0.2, 0.25) is 0 Å². The highest BCUT2D eigenvalue weighted by molar-refractivity contribution is 5.79. The average Bonchev–Trinajstić information content (AvgIpc) is 2.66. The van der Waals surface area contributed by atoms with E-state index in [4.69, 9.17) is 9.73 Å². The Bertz CT molecular complexity index is 597. The third kappa shape index (κ3) is 5.56. The molecule has 26 heavy (non-hydrogen) atoms. The first kappa shape index (κ1) is 20.4. The first-order valence-corrected chi connectivity index (χ1v) is 9.55. The largest absolute Gasteiger partial charge is 0.381 e. The number of allylic oxidation sites excluding steroid dienone is 1. The number of nitrogens with one attached hydrogen (secondary N) is 1. The van der Waals surface area contributed by atoms with E-state index in [0.717, 1.165) is 50.3 Å². The van der Waals surface area contributed by atoms with E-state index in [1.807, 2.05) is 12.1 Å². The van der Waals surface area contributed by atoms with Gasteiger partial charge in [0, 0.05) is 38.8 Å². The summed E-state index contributed by atoms with van der Waals surface area (Å²) in [4.78, 5) is 7.08. The van der Waals surface area contributed by atoms with Gasteiger partial charge in [-0.05, 0) is 50.3 Å². The second-order valence-electron chi connectivity index (χ2n) is 6.93. The number of unbranched alkanes of at least 4 members (excludes halogenated alkanes) is 1. The number of ether oxygens (including phenoxy) is 1. The standard InChI is InChI=1S/C21H32FN3O/c1-4-6-7-13-25(3)20(23-5-2)24-17-21(11-14-26-15-12-21)18-9-8-10-19(22)16-18/h4,8-10,16H,1,5-7,11-15,17H2,2-3H3,(H,23,24). The molecular formula is C21H32FN3O. The van der Waals surface area contributed by atoms with Crippen molar-refractivity contribution < 1.29 is 9.13 Å². The highest BCUT2D eigenvalue weighted by Crippen LogP contribution is 2.35. The molecule has 2 rings (SSSR count). The molecule has 1 heterocycles. The molecule has 0 unspecified atom stereocenters. The van der Waals surface area contributed by atoms with Crippen molar-refractivity contribution in [3.05, 3.63) is 48.3 Å². The SMILES string of the molecule is C=CCCCN(C)C(=NCC1(c2cccc(F)c2)CCOCC1)NCC. The Morgan fingerprint density at radius 1 is 1.42 bits per heavy atom.